The zero-order valence-electron chi connectivity index (χ0n) is 7.17. The largest absolute Gasteiger partial charge is 0.314 e. The summed E-state index contributed by atoms with van der Waals surface area (Å²) >= 11 is 0. The van der Waals surface area contributed by atoms with Gasteiger partial charge in [0.1, 0.15) is 0 Å². The fourth-order valence-corrected chi connectivity index (χ4v) is 1.21. The van der Waals surface area contributed by atoms with Crippen LogP contribution >= 0.6 is 0 Å². The van der Waals surface area contributed by atoms with Gasteiger partial charge in [0.25, 0.3) is 0 Å². The van der Waals surface area contributed by atoms with Crippen molar-refractivity contribution in [1.82, 2.24) is 10.2 Å². The molecule has 1 fully saturated rings. The Labute approximate surface area is 68.0 Å². The predicted molar refractivity (Wildman–Crippen MR) is 44.1 cm³/mol. The third-order valence-corrected chi connectivity index (χ3v) is 2.17. The molecule has 1 heterocycles. The monoisotopic (exact) mass is 153 g/mol. The van der Waals surface area contributed by atoms with Gasteiger partial charge < -0.3 is 5.32 Å². The van der Waals surface area contributed by atoms with Crippen molar-refractivity contribution in [2.75, 3.05) is 26.7 Å². The Hall–Kier alpha value is -0.590. The van der Waals surface area contributed by atoms with Crippen molar-refractivity contribution in [1.29, 1.82) is 5.26 Å². The summed E-state index contributed by atoms with van der Waals surface area (Å²) in [4.78, 5) is 2.25. The summed E-state index contributed by atoms with van der Waals surface area (Å²) < 4.78 is 0. The van der Waals surface area contributed by atoms with E-state index < -0.39 is 0 Å². The number of likely N-dealkylation sites (N-methyl/N-ethyl adjacent to an activating group) is 1. The van der Waals surface area contributed by atoms with Gasteiger partial charge in [-0.25, -0.2) is 0 Å². The molecule has 62 valence electrons. The first-order valence-corrected chi connectivity index (χ1v) is 4.04. The summed E-state index contributed by atoms with van der Waals surface area (Å²) in [5.41, 5.74) is 0. The minimum absolute atomic E-state index is 0.153. The van der Waals surface area contributed by atoms with Crippen molar-refractivity contribution in [3.05, 3.63) is 0 Å². The Morgan fingerprint density at radius 1 is 1.73 bits per heavy atom. The summed E-state index contributed by atoms with van der Waals surface area (Å²) in [6, 6.07) is 2.89. The van der Waals surface area contributed by atoms with Crippen LogP contribution in [-0.4, -0.2) is 37.6 Å². The Morgan fingerprint density at radius 2 is 2.36 bits per heavy atom. The minimum atomic E-state index is 0.153. The number of nitriles is 1. The molecule has 1 atom stereocenters. The van der Waals surface area contributed by atoms with Crippen LogP contribution in [0, 0.1) is 17.2 Å². The highest BCUT2D eigenvalue weighted by Gasteiger charge is 2.22. The molecule has 0 saturated carbocycles. The number of hydrogen-bond acceptors (Lipinski definition) is 3. The Balaban J connectivity index is 2.20. The van der Waals surface area contributed by atoms with Crippen molar-refractivity contribution in [3.63, 3.8) is 0 Å². The molecule has 0 spiro atoms. The van der Waals surface area contributed by atoms with E-state index in [1.165, 1.54) is 0 Å². The Kier molecular flexibility index (Phi) is 2.86. The van der Waals surface area contributed by atoms with E-state index >= 15 is 0 Å². The molecule has 1 aliphatic heterocycles. The van der Waals surface area contributed by atoms with Crippen molar-refractivity contribution in [3.8, 4) is 6.07 Å². The van der Waals surface area contributed by atoms with Gasteiger partial charge in [-0.05, 0) is 14.0 Å². The fraction of sp³-hybridized carbons (Fsp3) is 0.875. The molecule has 1 unspecified atom stereocenters. The molecule has 11 heavy (non-hydrogen) atoms. The van der Waals surface area contributed by atoms with Gasteiger partial charge >= 0.3 is 0 Å². The maximum atomic E-state index is 8.56. The zero-order valence-corrected chi connectivity index (χ0v) is 7.17. The average Bonchev–Trinajstić information content (AvgIpc) is 1.83. The second-order valence-electron chi connectivity index (χ2n) is 3.28. The first kappa shape index (κ1) is 8.51. The van der Waals surface area contributed by atoms with Gasteiger partial charge in [-0.15, -0.1) is 0 Å². The quantitative estimate of drug-likeness (QED) is 0.622. The van der Waals surface area contributed by atoms with Crippen LogP contribution in [0.25, 0.3) is 0 Å². The molecule has 0 aromatic carbocycles. The van der Waals surface area contributed by atoms with E-state index in [1.54, 1.807) is 0 Å². The first-order valence-electron chi connectivity index (χ1n) is 4.04. The molecule has 3 heteroatoms. The van der Waals surface area contributed by atoms with Gasteiger partial charge in [0.05, 0.1) is 12.0 Å². The second-order valence-corrected chi connectivity index (χ2v) is 3.28. The van der Waals surface area contributed by atoms with E-state index in [-0.39, 0.29) is 5.92 Å². The first-order chi connectivity index (χ1) is 5.24. The SMILES string of the molecule is CC(C#N)CN(C)C1CNC1. The van der Waals surface area contributed by atoms with Crippen molar-refractivity contribution >= 4 is 0 Å². The van der Waals surface area contributed by atoms with Gasteiger partial charge in [-0.2, -0.15) is 5.26 Å². The summed E-state index contributed by atoms with van der Waals surface area (Å²) in [6.07, 6.45) is 0. The summed E-state index contributed by atoms with van der Waals surface area (Å²) in [5, 5.41) is 11.8. The van der Waals surface area contributed by atoms with Crippen molar-refractivity contribution in [2.45, 2.75) is 13.0 Å². The molecule has 0 radical (unpaired) electrons. The lowest BCUT2D eigenvalue weighted by Crippen LogP contribution is -2.56. The molecule has 0 aromatic rings. The van der Waals surface area contributed by atoms with Gasteiger partial charge in [-0.1, -0.05) is 0 Å². The molecule has 0 bridgehead atoms. The third-order valence-electron chi connectivity index (χ3n) is 2.17. The van der Waals surface area contributed by atoms with Gasteiger partial charge in [0, 0.05) is 25.7 Å². The van der Waals surface area contributed by atoms with E-state index in [0.29, 0.717) is 6.04 Å². The lowest BCUT2D eigenvalue weighted by Gasteiger charge is -2.36. The van der Waals surface area contributed by atoms with Crippen LogP contribution in [0.3, 0.4) is 0 Å². The van der Waals surface area contributed by atoms with Crippen LogP contribution in [0.15, 0.2) is 0 Å². The van der Waals surface area contributed by atoms with Gasteiger partial charge in [0.2, 0.25) is 0 Å². The highest BCUT2D eigenvalue weighted by molar-refractivity contribution is 4.87. The predicted octanol–water partition coefficient (Wildman–Crippen LogP) is 0.0497. The zero-order chi connectivity index (χ0) is 8.27. The normalized spacial score (nSPS) is 20.9. The number of nitrogens with one attached hydrogen (secondary N) is 1. The standard InChI is InChI=1S/C8H15N3/c1-7(3-9)6-11(2)8-4-10-5-8/h7-8,10H,4-6H2,1-2H3. The summed E-state index contributed by atoms with van der Waals surface area (Å²) in [5.74, 6) is 0.153. The lowest BCUT2D eigenvalue weighted by atomic mass is 10.1. The van der Waals surface area contributed by atoms with E-state index in [2.05, 4.69) is 23.3 Å². The fourth-order valence-electron chi connectivity index (χ4n) is 1.21. The maximum Gasteiger partial charge on any atom is 0.0666 e. The maximum absolute atomic E-state index is 8.56. The highest BCUT2D eigenvalue weighted by atomic mass is 15.2. The van der Waals surface area contributed by atoms with E-state index in [1.807, 2.05) is 6.92 Å². The van der Waals surface area contributed by atoms with E-state index in [0.717, 1.165) is 19.6 Å². The molecular weight excluding hydrogens is 138 g/mol. The average molecular weight is 153 g/mol. The van der Waals surface area contributed by atoms with Gasteiger partial charge in [-0.3, -0.25) is 4.90 Å². The van der Waals surface area contributed by atoms with Crippen LogP contribution < -0.4 is 5.32 Å². The van der Waals surface area contributed by atoms with Gasteiger partial charge in [0.15, 0.2) is 0 Å². The van der Waals surface area contributed by atoms with Crippen molar-refractivity contribution in [2.24, 2.45) is 5.92 Å². The summed E-state index contributed by atoms with van der Waals surface area (Å²) in [7, 11) is 2.08. The third kappa shape index (κ3) is 2.18. The minimum Gasteiger partial charge on any atom is -0.314 e. The van der Waals surface area contributed by atoms with Crippen molar-refractivity contribution < 1.29 is 0 Å². The number of nitrogens with zero attached hydrogens (tertiary/aromatic N) is 2. The molecule has 0 aromatic heterocycles. The molecule has 1 saturated heterocycles. The topological polar surface area (TPSA) is 39.1 Å². The number of rotatable bonds is 3. The Bertz CT molecular complexity index is 157. The molecule has 0 amide bonds. The number of hydrogen-bond donors (Lipinski definition) is 1. The molecule has 1 N–H and O–H groups in total. The molecule has 0 aliphatic carbocycles. The highest BCUT2D eigenvalue weighted by Crippen LogP contribution is 2.04. The molecule has 1 rings (SSSR count). The van der Waals surface area contributed by atoms with Crippen LogP contribution in [0.4, 0.5) is 0 Å². The second kappa shape index (κ2) is 3.70. The van der Waals surface area contributed by atoms with Crippen LogP contribution in [0.5, 0.6) is 0 Å². The van der Waals surface area contributed by atoms with E-state index in [4.69, 9.17) is 5.26 Å². The van der Waals surface area contributed by atoms with E-state index in [9.17, 15) is 0 Å². The molecule has 3 nitrogen and oxygen atoms in total. The van der Waals surface area contributed by atoms with Crippen LogP contribution in [-0.2, 0) is 0 Å². The summed E-state index contributed by atoms with van der Waals surface area (Å²) in [6.45, 7) is 5.01. The molecular formula is C8H15N3. The Morgan fingerprint density at radius 3 is 2.73 bits per heavy atom. The van der Waals surface area contributed by atoms with Crippen LogP contribution in [0.2, 0.25) is 0 Å². The lowest BCUT2D eigenvalue weighted by molar-refractivity contribution is 0.170. The molecule has 1 aliphatic rings. The smallest absolute Gasteiger partial charge is 0.0666 e. The van der Waals surface area contributed by atoms with Crippen LogP contribution in [0.1, 0.15) is 6.92 Å².